The zero-order valence-electron chi connectivity index (χ0n) is 9.89. The first-order valence-corrected chi connectivity index (χ1v) is 5.38. The summed E-state index contributed by atoms with van der Waals surface area (Å²) in [6.07, 6.45) is 0. The molecule has 0 bridgehead atoms. The Kier molecular flexibility index (Phi) is 5.55. The Hall–Kier alpha value is -1.50. The molecule has 0 spiro atoms. The SMILES string of the molecule is COc1cc(N(CCO)CCO)ccc1NN. The highest BCUT2D eigenvalue weighted by Crippen LogP contribution is 2.28. The van der Waals surface area contributed by atoms with Crippen molar-refractivity contribution in [3.63, 3.8) is 0 Å². The Morgan fingerprint density at radius 2 is 1.94 bits per heavy atom. The number of nitrogens with zero attached hydrogens (tertiary/aromatic N) is 1. The third kappa shape index (κ3) is 3.48. The summed E-state index contributed by atoms with van der Waals surface area (Å²) in [5.74, 6) is 5.96. The van der Waals surface area contributed by atoms with Crippen LogP contribution in [0.15, 0.2) is 18.2 Å². The van der Waals surface area contributed by atoms with Crippen molar-refractivity contribution in [1.29, 1.82) is 0 Å². The van der Waals surface area contributed by atoms with Crippen molar-refractivity contribution in [1.82, 2.24) is 0 Å². The number of methoxy groups -OCH3 is 1. The van der Waals surface area contributed by atoms with E-state index in [0.717, 1.165) is 5.69 Å². The lowest BCUT2D eigenvalue weighted by Gasteiger charge is -2.24. The van der Waals surface area contributed by atoms with Crippen LogP contribution in [0.3, 0.4) is 0 Å². The van der Waals surface area contributed by atoms with Crippen molar-refractivity contribution in [2.24, 2.45) is 5.84 Å². The summed E-state index contributed by atoms with van der Waals surface area (Å²) in [5.41, 5.74) is 4.08. The molecule has 0 fully saturated rings. The molecule has 96 valence electrons. The number of benzene rings is 1. The molecule has 6 nitrogen and oxygen atoms in total. The zero-order chi connectivity index (χ0) is 12.7. The minimum Gasteiger partial charge on any atom is -0.494 e. The van der Waals surface area contributed by atoms with E-state index in [4.69, 9.17) is 20.8 Å². The molecule has 0 aliphatic rings. The fourth-order valence-electron chi connectivity index (χ4n) is 1.61. The summed E-state index contributed by atoms with van der Waals surface area (Å²) in [6.45, 7) is 0.969. The molecule has 0 aliphatic heterocycles. The van der Waals surface area contributed by atoms with Gasteiger partial charge in [-0.3, -0.25) is 5.84 Å². The summed E-state index contributed by atoms with van der Waals surface area (Å²) in [6, 6.07) is 5.44. The molecule has 0 aliphatic carbocycles. The molecule has 1 aromatic rings. The number of nitrogens with one attached hydrogen (secondary N) is 1. The van der Waals surface area contributed by atoms with E-state index in [1.54, 1.807) is 19.2 Å². The van der Waals surface area contributed by atoms with E-state index in [1.165, 1.54) is 0 Å². The number of nitrogens with two attached hydrogens (primary N) is 1. The van der Waals surface area contributed by atoms with Crippen LogP contribution in [0, 0.1) is 0 Å². The van der Waals surface area contributed by atoms with Crippen LogP contribution < -0.4 is 20.9 Å². The topological polar surface area (TPSA) is 91.0 Å². The van der Waals surface area contributed by atoms with Gasteiger partial charge in [0, 0.05) is 24.8 Å². The van der Waals surface area contributed by atoms with Crippen molar-refractivity contribution in [3.05, 3.63) is 18.2 Å². The lowest BCUT2D eigenvalue weighted by Crippen LogP contribution is -2.29. The van der Waals surface area contributed by atoms with Crippen LogP contribution in [-0.4, -0.2) is 43.6 Å². The van der Waals surface area contributed by atoms with Gasteiger partial charge in [0.05, 0.1) is 26.0 Å². The third-order valence-corrected chi connectivity index (χ3v) is 2.45. The number of aliphatic hydroxyl groups excluding tert-OH is 2. The number of hydrogen-bond acceptors (Lipinski definition) is 6. The second kappa shape index (κ2) is 6.95. The Labute approximate surface area is 101 Å². The standard InChI is InChI=1S/C11H19N3O3/c1-17-11-8-9(2-3-10(11)13-12)14(4-6-15)5-7-16/h2-3,8,13,15-16H,4-7,12H2,1H3. The highest BCUT2D eigenvalue weighted by molar-refractivity contribution is 5.64. The van der Waals surface area contributed by atoms with E-state index in [0.29, 0.717) is 24.5 Å². The molecule has 1 aromatic carbocycles. The molecule has 1 rings (SSSR count). The van der Waals surface area contributed by atoms with Gasteiger partial charge in [0.15, 0.2) is 0 Å². The molecule has 0 radical (unpaired) electrons. The number of ether oxygens (including phenoxy) is 1. The molecule has 0 heterocycles. The minimum absolute atomic E-state index is 0.0270. The Morgan fingerprint density at radius 1 is 1.29 bits per heavy atom. The van der Waals surface area contributed by atoms with E-state index >= 15 is 0 Å². The predicted molar refractivity (Wildman–Crippen MR) is 67.2 cm³/mol. The third-order valence-electron chi connectivity index (χ3n) is 2.45. The van der Waals surface area contributed by atoms with Gasteiger partial charge in [-0.2, -0.15) is 0 Å². The van der Waals surface area contributed by atoms with Crippen molar-refractivity contribution >= 4 is 11.4 Å². The molecule has 0 unspecified atom stereocenters. The van der Waals surface area contributed by atoms with Gasteiger partial charge in [-0.1, -0.05) is 0 Å². The Bertz CT molecular complexity index is 341. The molecule has 0 saturated heterocycles. The maximum Gasteiger partial charge on any atom is 0.145 e. The van der Waals surface area contributed by atoms with E-state index in [-0.39, 0.29) is 13.2 Å². The molecule has 0 saturated carbocycles. The smallest absolute Gasteiger partial charge is 0.145 e. The summed E-state index contributed by atoms with van der Waals surface area (Å²) in [5, 5.41) is 17.9. The fraction of sp³-hybridized carbons (Fsp3) is 0.455. The van der Waals surface area contributed by atoms with Crippen molar-refractivity contribution < 1.29 is 14.9 Å². The second-order valence-electron chi connectivity index (χ2n) is 3.46. The summed E-state index contributed by atoms with van der Waals surface area (Å²) < 4.78 is 5.19. The number of anilines is 2. The van der Waals surface area contributed by atoms with Crippen molar-refractivity contribution in [2.45, 2.75) is 0 Å². The monoisotopic (exact) mass is 241 g/mol. The summed E-state index contributed by atoms with van der Waals surface area (Å²) in [7, 11) is 1.56. The van der Waals surface area contributed by atoms with Gasteiger partial charge in [0.2, 0.25) is 0 Å². The highest BCUT2D eigenvalue weighted by atomic mass is 16.5. The van der Waals surface area contributed by atoms with Gasteiger partial charge in [0.25, 0.3) is 0 Å². The quantitative estimate of drug-likeness (QED) is 0.389. The fourth-order valence-corrected chi connectivity index (χ4v) is 1.61. The molecule has 0 aromatic heterocycles. The highest BCUT2D eigenvalue weighted by Gasteiger charge is 2.09. The minimum atomic E-state index is 0.0270. The summed E-state index contributed by atoms with van der Waals surface area (Å²) in [4.78, 5) is 1.86. The molecule has 6 heteroatoms. The first kappa shape index (κ1) is 13.6. The number of hydrazine groups is 1. The van der Waals surface area contributed by atoms with Crippen LogP contribution in [0.2, 0.25) is 0 Å². The Balaban J connectivity index is 2.94. The zero-order valence-corrected chi connectivity index (χ0v) is 9.89. The average Bonchev–Trinajstić information content (AvgIpc) is 2.37. The molecule has 0 atom stereocenters. The molecular formula is C11H19N3O3. The molecule has 17 heavy (non-hydrogen) atoms. The van der Waals surface area contributed by atoms with Gasteiger partial charge >= 0.3 is 0 Å². The maximum atomic E-state index is 8.96. The number of rotatable bonds is 7. The predicted octanol–water partition coefficient (Wildman–Crippen LogP) is -0.228. The van der Waals surface area contributed by atoms with E-state index in [1.807, 2.05) is 11.0 Å². The van der Waals surface area contributed by atoms with Crippen LogP contribution in [0.1, 0.15) is 0 Å². The van der Waals surface area contributed by atoms with Gasteiger partial charge in [-0.15, -0.1) is 0 Å². The van der Waals surface area contributed by atoms with Gasteiger partial charge < -0.3 is 25.3 Å². The largest absolute Gasteiger partial charge is 0.494 e. The van der Waals surface area contributed by atoms with Crippen LogP contribution in [-0.2, 0) is 0 Å². The second-order valence-corrected chi connectivity index (χ2v) is 3.46. The van der Waals surface area contributed by atoms with E-state index in [9.17, 15) is 0 Å². The van der Waals surface area contributed by atoms with Crippen LogP contribution in [0.25, 0.3) is 0 Å². The Morgan fingerprint density at radius 3 is 2.41 bits per heavy atom. The van der Waals surface area contributed by atoms with E-state index < -0.39 is 0 Å². The molecule has 5 N–H and O–H groups in total. The molecular weight excluding hydrogens is 222 g/mol. The maximum absolute atomic E-state index is 8.96. The number of hydrogen-bond donors (Lipinski definition) is 4. The lowest BCUT2D eigenvalue weighted by molar-refractivity contribution is 0.281. The lowest BCUT2D eigenvalue weighted by atomic mass is 10.2. The summed E-state index contributed by atoms with van der Waals surface area (Å²) >= 11 is 0. The van der Waals surface area contributed by atoms with Crippen LogP contribution >= 0.6 is 0 Å². The first-order valence-electron chi connectivity index (χ1n) is 5.38. The average molecular weight is 241 g/mol. The van der Waals surface area contributed by atoms with Gasteiger partial charge in [-0.25, -0.2) is 0 Å². The van der Waals surface area contributed by atoms with Gasteiger partial charge in [-0.05, 0) is 12.1 Å². The number of aliphatic hydroxyl groups is 2. The van der Waals surface area contributed by atoms with Crippen molar-refractivity contribution in [2.75, 3.05) is 43.7 Å². The van der Waals surface area contributed by atoms with Crippen LogP contribution in [0.4, 0.5) is 11.4 Å². The normalized spacial score (nSPS) is 10.1. The van der Waals surface area contributed by atoms with E-state index in [2.05, 4.69) is 5.43 Å². The molecule has 0 amide bonds. The number of nitrogen functional groups attached to an aromatic ring is 1. The first-order chi connectivity index (χ1) is 8.26. The van der Waals surface area contributed by atoms with Crippen LogP contribution in [0.5, 0.6) is 5.75 Å². The van der Waals surface area contributed by atoms with Crippen molar-refractivity contribution in [3.8, 4) is 5.75 Å². The van der Waals surface area contributed by atoms with Gasteiger partial charge in [0.1, 0.15) is 5.75 Å².